The molecule has 2 amide bonds. The number of halogens is 2. The van der Waals surface area contributed by atoms with Crippen LogP contribution in [0, 0.1) is 5.82 Å². The molecule has 0 atom stereocenters. The van der Waals surface area contributed by atoms with Crippen molar-refractivity contribution in [3.8, 4) is 22.6 Å². The number of rotatable bonds is 9. The minimum Gasteiger partial charge on any atom is -0.496 e. The van der Waals surface area contributed by atoms with E-state index in [0.717, 1.165) is 5.56 Å². The number of hydrogen-bond donors (Lipinski definition) is 1. The molecule has 50 heavy (non-hydrogen) atoms. The van der Waals surface area contributed by atoms with Crippen LogP contribution in [0.15, 0.2) is 67.1 Å². The Bertz CT molecular complexity index is 2070. The van der Waals surface area contributed by atoms with Crippen LogP contribution in [0.1, 0.15) is 28.9 Å². The largest absolute Gasteiger partial charge is 0.496 e. The normalized spacial score (nSPS) is 15.0. The second-order valence-electron chi connectivity index (χ2n) is 12.1. The molecule has 7 rings (SSSR count). The maximum absolute atomic E-state index is 16.7. The second kappa shape index (κ2) is 14.2. The predicted octanol–water partition coefficient (Wildman–Crippen LogP) is 5.30. The van der Waals surface area contributed by atoms with E-state index in [0.29, 0.717) is 90.1 Å². The number of piperazine rings is 1. The number of ether oxygens (including phenoxy) is 2. The number of anilines is 1. The Labute approximate surface area is 293 Å². The topological polar surface area (TPSA) is 122 Å². The number of carbonyl (C=O) groups excluding carboxylic acids is 2. The van der Waals surface area contributed by atoms with Crippen LogP contribution in [0.5, 0.6) is 11.5 Å². The van der Waals surface area contributed by atoms with Crippen LogP contribution in [0.2, 0.25) is 5.02 Å². The molecule has 14 heteroatoms. The van der Waals surface area contributed by atoms with E-state index in [4.69, 9.17) is 21.1 Å². The van der Waals surface area contributed by atoms with Crippen LogP contribution in [-0.2, 0) is 11.3 Å². The van der Waals surface area contributed by atoms with E-state index in [1.54, 1.807) is 65.5 Å². The standard InChI is InChI=1S/C36H36ClFN8O4/c1-49-30-8-4-3-7-24(30)26-20-25(23-6-5-13-45(22-23)31(47)10-14-46-15-12-40-42-46)32(38)33-27(26)21-29(41-33)36(48)44-18-16-43(17-19-44)35-34(50-2)28(37)9-11-39-35/h3-4,6-9,11-12,15,20-21,41H,5,10,13-14,16-19,22H2,1-2H3. The summed E-state index contributed by atoms with van der Waals surface area (Å²) in [5.41, 5.74) is 3.03. The predicted molar refractivity (Wildman–Crippen MR) is 188 cm³/mol. The van der Waals surface area contributed by atoms with Crippen molar-refractivity contribution in [1.82, 2.24) is 34.8 Å². The van der Waals surface area contributed by atoms with Gasteiger partial charge in [0.05, 0.1) is 37.5 Å². The van der Waals surface area contributed by atoms with Gasteiger partial charge in [-0.2, -0.15) is 0 Å². The highest BCUT2D eigenvalue weighted by atomic mass is 35.5. The number of nitrogens with zero attached hydrogens (tertiary/aromatic N) is 7. The van der Waals surface area contributed by atoms with Crippen molar-refractivity contribution in [2.24, 2.45) is 0 Å². The van der Waals surface area contributed by atoms with Gasteiger partial charge in [-0.05, 0) is 41.8 Å². The zero-order valence-corrected chi connectivity index (χ0v) is 28.5. The smallest absolute Gasteiger partial charge is 0.270 e. The summed E-state index contributed by atoms with van der Waals surface area (Å²) in [6.07, 6.45) is 7.73. The van der Waals surface area contributed by atoms with Crippen molar-refractivity contribution >= 4 is 45.7 Å². The molecule has 12 nitrogen and oxygen atoms in total. The fourth-order valence-corrected chi connectivity index (χ4v) is 6.91. The lowest BCUT2D eigenvalue weighted by Gasteiger charge is -2.35. The molecular formula is C36H36ClFN8O4. The summed E-state index contributed by atoms with van der Waals surface area (Å²) in [6.45, 7) is 3.08. The molecule has 0 bridgehead atoms. The second-order valence-corrected chi connectivity index (χ2v) is 12.5. The lowest BCUT2D eigenvalue weighted by Crippen LogP contribution is -2.49. The number of aromatic amines is 1. The van der Waals surface area contributed by atoms with Crippen molar-refractivity contribution in [3.05, 3.63) is 89.2 Å². The van der Waals surface area contributed by atoms with E-state index in [1.165, 1.54) is 0 Å². The molecule has 1 fully saturated rings. The van der Waals surface area contributed by atoms with Gasteiger partial charge in [0, 0.05) is 74.6 Å². The van der Waals surface area contributed by atoms with Crippen LogP contribution >= 0.6 is 11.6 Å². The number of aryl methyl sites for hydroxylation is 1. The molecule has 3 aromatic heterocycles. The van der Waals surface area contributed by atoms with Crippen LogP contribution in [0.3, 0.4) is 0 Å². The number of pyridine rings is 1. The fraction of sp³-hybridized carbons (Fsp3) is 0.306. The average molecular weight is 699 g/mol. The van der Waals surface area contributed by atoms with E-state index in [-0.39, 0.29) is 36.0 Å². The molecule has 5 heterocycles. The molecule has 1 saturated heterocycles. The summed E-state index contributed by atoms with van der Waals surface area (Å²) < 4.78 is 29.5. The first-order valence-electron chi connectivity index (χ1n) is 16.4. The first-order valence-corrected chi connectivity index (χ1v) is 16.8. The van der Waals surface area contributed by atoms with Crippen LogP contribution in [0.4, 0.5) is 10.2 Å². The number of amides is 2. The Morgan fingerprint density at radius 3 is 2.54 bits per heavy atom. The van der Waals surface area contributed by atoms with Gasteiger partial charge in [0.1, 0.15) is 11.4 Å². The minimum absolute atomic E-state index is 0.0463. The Kier molecular flexibility index (Phi) is 9.40. The molecule has 258 valence electrons. The Hall–Kier alpha value is -5.43. The van der Waals surface area contributed by atoms with E-state index < -0.39 is 5.82 Å². The lowest BCUT2D eigenvalue weighted by atomic mass is 9.93. The van der Waals surface area contributed by atoms with E-state index in [2.05, 4.69) is 20.3 Å². The van der Waals surface area contributed by atoms with Gasteiger partial charge in [-0.1, -0.05) is 41.1 Å². The average Bonchev–Trinajstić information content (AvgIpc) is 3.85. The third-order valence-electron chi connectivity index (χ3n) is 9.26. The third-order valence-corrected chi connectivity index (χ3v) is 9.56. The molecule has 1 N–H and O–H groups in total. The van der Waals surface area contributed by atoms with E-state index in [9.17, 15) is 9.59 Å². The number of hydrogen-bond acceptors (Lipinski definition) is 8. The number of H-pyrrole nitrogens is 1. The number of aromatic nitrogens is 5. The molecule has 0 radical (unpaired) electrons. The number of methoxy groups -OCH3 is 2. The summed E-state index contributed by atoms with van der Waals surface area (Å²) in [4.78, 5) is 40.2. The highest BCUT2D eigenvalue weighted by molar-refractivity contribution is 6.32. The van der Waals surface area contributed by atoms with Gasteiger partial charge in [-0.3, -0.25) is 14.3 Å². The van der Waals surface area contributed by atoms with Gasteiger partial charge in [-0.25, -0.2) is 9.37 Å². The van der Waals surface area contributed by atoms with Crippen molar-refractivity contribution < 1.29 is 23.5 Å². The molecular weight excluding hydrogens is 663 g/mol. The Morgan fingerprint density at radius 1 is 0.960 bits per heavy atom. The quantitative estimate of drug-likeness (QED) is 0.220. The number of para-hydroxylation sites is 1. The van der Waals surface area contributed by atoms with E-state index >= 15 is 4.39 Å². The Balaban J connectivity index is 1.19. The summed E-state index contributed by atoms with van der Waals surface area (Å²) in [5, 5.41) is 8.76. The highest BCUT2D eigenvalue weighted by Crippen LogP contribution is 2.40. The minimum atomic E-state index is -0.482. The van der Waals surface area contributed by atoms with Gasteiger partial charge in [0.15, 0.2) is 17.4 Å². The third kappa shape index (κ3) is 6.36. The molecule has 0 unspecified atom stereocenters. The number of nitrogens with one attached hydrogen (secondary N) is 1. The van der Waals surface area contributed by atoms with Gasteiger partial charge in [-0.15, -0.1) is 5.10 Å². The molecule has 2 aliphatic heterocycles. The summed E-state index contributed by atoms with van der Waals surface area (Å²) in [6, 6.07) is 12.7. The SMILES string of the molecule is COc1ccccc1-c1cc(C2=CCCN(C(=O)CCn3ccnn3)C2)c(F)c2[nH]c(C(=O)N3CCN(c4nccc(Cl)c4OC)CC3)cc12. The maximum atomic E-state index is 16.7. The van der Waals surface area contributed by atoms with Crippen molar-refractivity contribution in [2.45, 2.75) is 19.4 Å². The lowest BCUT2D eigenvalue weighted by molar-refractivity contribution is -0.131. The number of fused-ring (bicyclic) bond motifs is 1. The summed E-state index contributed by atoms with van der Waals surface area (Å²) >= 11 is 6.32. The number of carbonyl (C=O) groups is 2. The molecule has 0 spiro atoms. The maximum Gasteiger partial charge on any atom is 0.270 e. The van der Waals surface area contributed by atoms with Crippen LogP contribution in [-0.4, -0.2) is 100 Å². The Morgan fingerprint density at radius 2 is 1.78 bits per heavy atom. The van der Waals surface area contributed by atoms with Crippen LogP contribution in [0.25, 0.3) is 27.6 Å². The van der Waals surface area contributed by atoms with E-state index in [1.807, 2.05) is 35.2 Å². The molecule has 0 aliphatic carbocycles. The number of benzene rings is 2. The monoisotopic (exact) mass is 698 g/mol. The van der Waals surface area contributed by atoms with Gasteiger partial charge in [0.2, 0.25) is 5.91 Å². The van der Waals surface area contributed by atoms with Gasteiger partial charge < -0.3 is 29.2 Å². The summed E-state index contributed by atoms with van der Waals surface area (Å²) in [7, 11) is 3.14. The zero-order valence-electron chi connectivity index (χ0n) is 27.7. The first-order chi connectivity index (χ1) is 24.4. The van der Waals surface area contributed by atoms with Gasteiger partial charge >= 0.3 is 0 Å². The van der Waals surface area contributed by atoms with Crippen LogP contribution < -0.4 is 14.4 Å². The summed E-state index contributed by atoms with van der Waals surface area (Å²) in [5.74, 6) is 0.970. The molecule has 5 aromatic rings. The van der Waals surface area contributed by atoms with Crippen molar-refractivity contribution in [2.75, 3.05) is 58.4 Å². The molecule has 0 saturated carbocycles. The fourth-order valence-electron chi connectivity index (χ4n) is 6.69. The van der Waals surface area contributed by atoms with Gasteiger partial charge in [0.25, 0.3) is 5.91 Å². The molecule has 2 aromatic carbocycles. The first kappa shape index (κ1) is 33.1. The molecule has 2 aliphatic rings. The highest BCUT2D eigenvalue weighted by Gasteiger charge is 2.29. The zero-order chi connectivity index (χ0) is 34.8. The van der Waals surface area contributed by atoms with Crippen molar-refractivity contribution in [1.29, 1.82) is 0 Å². The van der Waals surface area contributed by atoms with Crippen molar-refractivity contribution in [3.63, 3.8) is 0 Å².